The molecule has 0 saturated heterocycles. The van der Waals surface area contributed by atoms with E-state index in [1.807, 2.05) is 45.0 Å². The molecule has 0 N–H and O–H groups in total. The summed E-state index contributed by atoms with van der Waals surface area (Å²) in [5.74, 6) is 0. The van der Waals surface area contributed by atoms with Gasteiger partial charge in [0.25, 0.3) is 0 Å². The Morgan fingerprint density at radius 1 is 0.650 bits per heavy atom. The zero-order chi connectivity index (χ0) is 15.0. The minimum absolute atomic E-state index is 0.322. The summed E-state index contributed by atoms with van der Waals surface area (Å²) in [6.07, 6.45) is -4.29. The second-order valence-corrected chi connectivity index (χ2v) is 5.57. The first-order valence-electron chi connectivity index (χ1n) is 6.46. The molecule has 2 rings (SSSR count). The molecule has 0 spiro atoms. The van der Waals surface area contributed by atoms with Gasteiger partial charge in [0.2, 0.25) is 0 Å². The van der Waals surface area contributed by atoms with E-state index in [9.17, 15) is 13.2 Å². The zero-order valence-corrected chi connectivity index (χ0v) is 11.8. The van der Waals surface area contributed by atoms with Crippen LogP contribution in [0.3, 0.4) is 0 Å². The lowest BCUT2D eigenvalue weighted by atomic mass is 9.78. The van der Waals surface area contributed by atoms with Crippen molar-refractivity contribution in [2.45, 2.75) is 32.4 Å². The molecule has 0 aromatic heterocycles. The van der Waals surface area contributed by atoms with Crippen LogP contribution in [-0.2, 0) is 11.6 Å². The average molecular weight is 278 g/mol. The highest BCUT2D eigenvalue weighted by Gasteiger charge is 2.31. The molecule has 2 aromatic carbocycles. The minimum Gasteiger partial charge on any atom is -0.166 e. The summed E-state index contributed by atoms with van der Waals surface area (Å²) in [4.78, 5) is 0. The van der Waals surface area contributed by atoms with Crippen molar-refractivity contribution in [2.75, 3.05) is 0 Å². The highest BCUT2D eigenvalue weighted by atomic mass is 19.4. The van der Waals surface area contributed by atoms with E-state index in [4.69, 9.17) is 0 Å². The lowest BCUT2D eigenvalue weighted by molar-refractivity contribution is -0.137. The molecule has 0 aliphatic rings. The van der Waals surface area contributed by atoms with Crippen LogP contribution in [0.5, 0.6) is 0 Å². The third kappa shape index (κ3) is 2.87. The maximum absolute atomic E-state index is 12.6. The summed E-state index contributed by atoms with van der Waals surface area (Å²) in [6, 6.07) is 13.5. The SMILES string of the molecule is Cc1ccc(C(C)(C)c2ccc(C(F)(F)F)cc2)cc1. The monoisotopic (exact) mass is 278 g/mol. The molecule has 0 unspecified atom stereocenters. The number of hydrogen-bond donors (Lipinski definition) is 0. The number of benzene rings is 2. The van der Waals surface area contributed by atoms with E-state index in [0.29, 0.717) is 0 Å². The van der Waals surface area contributed by atoms with Crippen LogP contribution in [0, 0.1) is 6.92 Å². The van der Waals surface area contributed by atoms with Crippen molar-refractivity contribution >= 4 is 0 Å². The summed E-state index contributed by atoms with van der Waals surface area (Å²) < 4.78 is 37.8. The fourth-order valence-corrected chi connectivity index (χ4v) is 2.21. The highest BCUT2D eigenvalue weighted by Crippen LogP contribution is 2.34. The van der Waals surface area contributed by atoms with Crippen LogP contribution in [0.25, 0.3) is 0 Å². The Kier molecular flexibility index (Phi) is 3.63. The van der Waals surface area contributed by atoms with Gasteiger partial charge in [-0.05, 0) is 30.2 Å². The van der Waals surface area contributed by atoms with E-state index < -0.39 is 11.7 Å². The average Bonchev–Trinajstić information content (AvgIpc) is 2.38. The first-order chi connectivity index (χ1) is 9.21. The van der Waals surface area contributed by atoms with E-state index >= 15 is 0 Å². The molecular formula is C17H17F3. The maximum Gasteiger partial charge on any atom is 0.416 e. The molecule has 0 atom stereocenters. The largest absolute Gasteiger partial charge is 0.416 e. The van der Waals surface area contributed by atoms with Gasteiger partial charge in [0, 0.05) is 5.41 Å². The number of alkyl halides is 3. The van der Waals surface area contributed by atoms with Gasteiger partial charge >= 0.3 is 6.18 Å². The molecule has 20 heavy (non-hydrogen) atoms. The number of rotatable bonds is 2. The van der Waals surface area contributed by atoms with E-state index in [1.165, 1.54) is 0 Å². The highest BCUT2D eigenvalue weighted by molar-refractivity contribution is 5.39. The third-order valence-electron chi connectivity index (χ3n) is 3.71. The van der Waals surface area contributed by atoms with Crippen molar-refractivity contribution < 1.29 is 13.2 Å². The Morgan fingerprint density at radius 3 is 1.40 bits per heavy atom. The van der Waals surface area contributed by atoms with Crippen molar-refractivity contribution in [2.24, 2.45) is 0 Å². The van der Waals surface area contributed by atoms with Crippen LogP contribution in [0.2, 0.25) is 0 Å². The molecule has 0 nitrogen and oxygen atoms in total. The summed E-state index contributed by atoms with van der Waals surface area (Å²) >= 11 is 0. The second-order valence-electron chi connectivity index (χ2n) is 5.57. The molecule has 0 heterocycles. The van der Waals surface area contributed by atoms with Gasteiger partial charge in [0.15, 0.2) is 0 Å². The topological polar surface area (TPSA) is 0 Å². The normalized spacial score (nSPS) is 12.5. The Morgan fingerprint density at radius 2 is 1.00 bits per heavy atom. The lowest BCUT2D eigenvalue weighted by Gasteiger charge is -2.26. The van der Waals surface area contributed by atoms with Crippen molar-refractivity contribution in [1.82, 2.24) is 0 Å². The van der Waals surface area contributed by atoms with Crippen molar-refractivity contribution in [1.29, 1.82) is 0 Å². The first-order valence-corrected chi connectivity index (χ1v) is 6.46. The van der Waals surface area contributed by atoms with Crippen LogP contribution >= 0.6 is 0 Å². The van der Waals surface area contributed by atoms with Crippen LogP contribution in [0.15, 0.2) is 48.5 Å². The van der Waals surface area contributed by atoms with E-state index in [1.54, 1.807) is 12.1 Å². The summed E-state index contributed by atoms with van der Waals surface area (Å²) in [5.41, 5.74) is 2.19. The lowest BCUT2D eigenvalue weighted by Crippen LogP contribution is -2.19. The quantitative estimate of drug-likeness (QED) is 0.695. The molecular weight excluding hydrogens is 261 g/mol. The summed E-state index contributed by atoms with van der Waals surface area (Å²) in [7, 11) is 0. The number of aryl methyl sites for hydroxylation is 1. The molecule has 0 aliphatic carbocycles. The maximum atomic E-state index is 12.6. The summed E-state index contributed by atoms with van der Waals surface area (Å²) in [5, 5.41) is 0. The van der Waals surface area contributed by atoms with Crippen molar-refractivity contribution in [3.8, 4) is 0 Å². The Hall–Kier alpha value is -1.77. The van der Waals surface area contributed by atoms with Gasteiger partial charge in [-0.15, -0.1) is 0 Å². The van der Waals surface area contributed by atoms with E-state index in [0.717, 1.165) is 28.8 Å². The van der Waals surface area contributed by atoms with Crippen LogP contribution in [0.4, 0.5) is 13.2 Å². The fourth-order valence-electron chi connectivity index (χ4n) is 2.21. The number of halogens is 3. The molecule has 0 saturated carbocycles. The zero-order valence-electron chi connectivity index (χ0n) is 11.8. The fraction of sp³-hybridized carbons (Fsp3) is 0.294. The molecule has 106 valence electrons. The van der Waals surface area contributed by atoms with Crippen molar-refractivity contribution in [3.05, 3.63) is 70.8 Å². The van der Waals surface area contributed by atoms with E-state index in [2.05, 4.69) is 0 Å². The van der Waals surface area contributed by atoms with Gasteiger partial charge in [-0.2, -0.15) is 13.2 Å². The second kappa shape index (κ2) is 4.97. The molecule has 0 aliphatic heterocycles. The van der Waals surface area contributed by atoms with Crippen LogP contribution in [0.1, 0.15) is 36.1 Å². The molecule has 0 radical (unpaired) electrons. The molecule has 0 amide bonds. The van der Waals surface area contributed by atoms with Gasteiger partial charge in [0.05, 0.1) is 5.56 Å². The molecule has 3 heteroatoms. The van der Waals surface area contributed by atoms with Gasteiger partial charge in [-0.3, -0.25) is 0 Å². The third-order valence-corrected chi connectivity index (χ3v) is 3.71. The van der Waals surface area contributed by atoms with Gasteiger partial charge in [-0.25, -0.2) is 0 Å². The number of hydrogen-bond acceptors (Lipinski definition) is 0. The predicted octanol–water partition coefficient (Wildman–Crippen LogP) is 5.34. The summed E-state index contributed by atoms with van der Waals surface area (Å²) in [6.45, 7) is 6.04. The smallest absolute Gasteiger partial charge is 0.166 e. The molecule has 0 bridgehead atoms. The molecule has 0 fully saturated rings. The Labute approximate surface area is 117 Å². The molecule has 2 aromatic rings. The standard InChI is InChI=1S/C17H17F3/c1-12-4-6-13(7-5-12)16(2,3)14-8-10-15(11-9-14)17(18,19)20/h4-11H,1-3H3. The predicted molar refractivity (Wildman–Crippen MR) is 74.8 cm³/mol. The minimum atomic E-state index is -4.29. The van der Waals surface area contributed by atoms with Crippen molar-refractivity contribution in [3.63, 3.8) is 0 Å². The van der Waals surface area contributed by atoms with Crippen LogP contribution < -0.4 is 0 Å². The Bertz CT molecular complexity index is 575. The van der Waals surface area contributed by atoms with Gasteiger partial charge in [-0.1, -0.05) is 55.8 Å². The van der Waals surface area contributed by atoms with Gasteiger partial charge < -0.3 is 0 Å². The van der Waals surface area contributed by atoms with Gasteiger partial charge in [0.1, 0.15) is 0 Å². The van der Waals surface area contributed by atoms with E-state index in [-0.39, 0.29) is 5.41 Å². The Balaban J connectivity index is 2.37. The van der Waals surface area contributed by atoms with Crippen LogP contribution in [-0.4, -0.2) is 0 Å². The first kappa shape index (κ1) is 14.6.